The lowest BCUT2D eigenvalue weighted by molar-refractivity contribution is -0.385. The largest absolute Gasteiger partial charge is 0.394 e. The maximum Gasteiger partial charge on any atom is 0.272 e. The van der Waals surface area contributed by atoms with E-state index in [1.54, 1.807) is 0 Å². The summed E-state index contributed by atoms with van der Waals surface area (Å²) in [6, 6.07) is 3.10. The molecule has 6 heteroatoms. The SMILES string of the molecule is CC(C)C(CO)Nc1ccc([N+](=O)[O-])cc1F. The zero-order valence-electron chi connectivity index (χ0n) is 9.68. The number of hydrogen-bond acceptors (Lipinski definition) is 4. The quantitative estimate of drug-likeness (QED) is 0.612. The van der Waals surface area contributed by atoms with E-state index in [1.807, 2.05) is 13.8 Å². The predicted octanol–water partition coefficient (Wildman–Crippen LogP) is 2.16. The highest BCUT2D eigenvalue weighted by Crippen LogP contribution is 2.22. The molecule has 17 heavy (non-hydrogen) atoms. The molecule has 1 aromatic rings. The van der Waals surface area contributed by atoms with Crippen molar-refractivity contribution >= 4 is 11.4 Å². The van der Waals surface area contributed by atoms with E-state index in [2.05, 4.69) is 5.32 Å². The van der Waals surface area contributed by atoms with Gasteiger partial charge in [0.2, 0.25) is 0 Å². The Balaban J connectivity index is 2.89. The smallest absolute Gasteiger partial charge is 0.272 e. The summed E-state index contributed by atoms with van der Waals surface area (Å²) < 4.78 is 13.5. The first-order valence-electron chi connectivity index (χ1n) is 5.27. The molecule has 94 valence electrons. The van der Waals surface area contributed by atoms with Crippen LogP contribution < -0.4 is 5.32 Å². The van der Waals surface area contributed by atoms with E-state index in [9.17, 15) is 14.5 Å². The molecule has 1 atom stereocenters. The van der Waals surface area contributed by atoms with E-state index in [-0.39, 0.29) is 29.9 Å². The van der Waals surface area contributed by atoms with Crippen molar-refractivity contribution in [2.24, 2.45) is 5.92 Å². The molecule has 0 heterocycles. The molecule has 0 bridgehead atoms. The number of aliphatic hydroxyl groups excluding tert-OH is 1. The standard InChI is InChI=1S/C11H15FN2O3/c1-7(2)11(6-15)13-10-4-3-8(14(16)17)5-9(10)12/h3-5,7,11,13,15H,6H2,1-2H3. The summed E-state index contributed by atoms with van der Waals surface area (Å²) in [7, 11) is 0. The molecule has 1 aromatic carbocycles. The van der Waals surface area contributed by atoms with Crippen molar-refractivity contribution < 1.29 is 14.4 Å². The fourth-order valence-electron chi connectivity index (χ4n) is 1.36. The van der Waals surface area contributed by atoms with Crippen molar-refractivity contribution in [3.63, 3.8) is 0 Å². The molecule has 5 nitrogen and oxygen atoms in total. The Morgan fingerprint density at radius 2 is 2.18 bits per heavy atom. The first-order chi connectivity index (χ1) is 7.95. The van der Waals surface area contributed by atoms with Gasteiger partial charge in [-0.2, -0.15) is 0 Å². The second-order valence-electron chi connectivity index (χ2n) is 4.10. The van der Waals surface area contributed by atoms with Crippen LogP contribution in [-0.2, 0) is 0 Å². The molecule has 1 unspecified atom stereocenters. The van der Waals surface area contributed by atoms with Crippen molar-refractivity contribution in [2.45, 2.75) is 19.9 Å². The minimum atomic E-state index is -0.696. The highest BCUT2D eigenvalue weighted by Gasteiger charge is 2.16. The van der Waals surface area contributed by atoms with Crippen molar-refractivity contribution in [3.05, 3.63) is 34.1 Å². The highest BCUT2D eigenvalue weighted by atomic mass is 19.1. The third kappa shape index (κ3) is 3.39. The Labute approximate surface area is 98.4 Å². The zero-order valence-corrected chi connectivity index (χ0v) is 9.68. The Hall–Kier alpha value is -1.69. The number of halogens is 1. The fraction of sp³-hybridized carbons (Fsp3) is 0.455. The van der Waals surface area contributed by atoms with Gasteiger partial charge in [0.1, 0.15) is 0 Å². The van der Waals surface area contributed by atoms with Gasteiger partial charge in [-0.25, -0.2) is 4.39 Å². The maximum absolute atomic E-state index is 13.5. The van der Waals surface area contributed by atoms with Crippen LogP contribution in [-0.4, -0.2) is 22.7 Å². The molecule has 0 aliphatic rings. The minimum Gasteiger partial charge on any atom is -0.394 e. The third-order valence-corrected chi connectivity index (χ3v) is 2.51. The molecule has 0 radical (unpaired) electrons. The maximum atomic E-state index is 13.5. The zero-order chi connectivity index (χ0) is 13.0. The molecular weight excluding hydrogens is 227 g/mol. The summed E-state index contributed by atoms with van der Waals surface area (Å²) in [6.07, 6.45) is 0. The van der Waals surface area contributed by atoms with Crippen LogP contribution in [0.15, 0.2) is 18.2 Å². The van der Waals surface area contributed by atoms with Crippen LogP contribution in [0.4, 0.5) is 15.8 Å². The number of anilines is 1. The number of non-ortho nitro benzene ring substituents is 1. The van der Waals surface area contributed by atoms with Gasteiger partial charge in [0.15, 0.2) is 5.82 Å². The van der Waals surface area contributed by atoms with Crippen molar-refractivity contribution in [2.75, 3.05) is 11.9 Å². The van der Waals surface area contributed by atoms with Gasteiger partial charge >= 0.3 is 0 Å². The Bertz CT molecular complexity index is 410. The number of nitro benzene ring substituents is 1. The Morgan fingerprint density at radius 1 is 1.53 bits per heavy atom. The number of nitrogens with one attached hydrogen (secondary N) is 1. The van der Waals surface area contributed by atoms with Gasteiger partial charge < -0.3 is 10.4 Å². The topological polar surface area (TPSA) is 75.4 Å². The highest BCUT2D eigenvalue weighted by molar-refractivity contribution is 5.50. The van der Waals surface area contributed by atoms with Crippen LogP contribution in [0.2, 0.25) is 0 Å². The number of nitro groups is 1. The summed E-state index contributed by atoms with van der Waals surface area (Å²) >= 11 is 0. The van der Waals surface area contributed by atoms with Crippen molar-refractivity contribution in [3.8, 4) is 0 Å². The number of benzene rings is 1. The normalized spacial score (nSPS) is 12.5. The predicted molar refractivity (Wildman–Crippen MR) is 62.4 cm³/mol. The van der Waals surface area contributed by atoms with Crippen LogP contribution in [0, 0.1) is 21.8 Å². The van der Waals surface area contributed by atoms with E-state index in [0.29, 0.717) is 0 Å². The van der Waals surface area contributed by atoms with E-state index >= 15 is 0 Å². The van der Waals surface area contributed by atoms with Gasteiger partial charge in [-0.15, -0.1) is 0 Å². The molecule has 0 aliphatic carbocycles. The summed E-state index contributed by atoms with van der Waals surface area (Å²) in [6.45, 7) is 3.64. The van der Waals surface area contributed by atoms with Crippen molar-refractivity contribution in [1.82, 2.24) is 0 Å². The summed E-state index contributed by atoms with van der Waals surface area (Å²) in [4.78, 5) is 9.78. The molecule has 0 saturated heterocycles. The van der Waals surface area contributed by atoms with Crippen LogP contribution >= 0.6 is 0 Å². The molecule has 0 spiro atoms. The van der Waals surface area contributed by atoms with Gasteiger partial charge in [-0.3, -0.25) is 10.1 Å². The molecule has 0 amide bonds. The van der Waals surface area contributed by atoms with Crippen LogP contribution in [0.3, 0.4) is 0 Å². The molecule has 1 rings (SSSR count). The first-order valence-corrected chi connectivity index (χ1v) is 5.27. The van der Waals surface area contributed by atoms with E-state index < -0.39 is 10.7 Å². The Kier molecular flexibility index (Phi) is 4.39. The van der Waals surface area contributed by atoms with Gasteiger partial charge in [0.25, 0.3) is 5.69 Å². The fourth-order valence-corrected chi connectivity index (χ4v) is 1.36. The minimum absolute atomic E-state index is 0.120. The van der Waals surface area contributed by atoms with Gasteiger partial charge in [0, 0.05) is 6.07 Å². The molecule has 0 saturated carbocycles. The van der Waals surface area contributed by atoms with Gasteiger partial charge in [-0.05, 0) is 12.0 Å². The van der Waals surface area contributed by atoms with E-state index in [4.69, 9.17) is 5.11 Å². The lowest BCUT2D eigenvalue weighted by atomic mass is 10.1. The molecule has 0 fully saturated rings. The average Bonchev–Trinajstić information content (AvgIpc) is 2.26. The molecule has 2 N–H and O–H groups in total. The lowest BCUT2D eigenvalue weighted by Gasteiger charge is -2.21. The summed E-state index contributed by atoms with van der Waals surface area (Å²) in [5, 5.41) is 22.3. The molecular formula is C11H15FN2O3. The molecule has 0 aromatic heterocycles. The number of rotatable bonds is 5. The number of aliphatic hydroxyl groups is 1. The van der Waals surface area contributed by atoms with Gasteiger partial charge in [0.05, 0.1) is 29.3 Å². The molecule has 0 aliphatic heterocycles. The van der Waals surface area contributed by atoms with E-state index in [0.717, 1.165) is 6.07 Å². The second kappa shape index (κ2) is 5.58. The first kappa shape index (κ1) is 13.4. The number of hydrogen-bond donors (Lipinski definition) is 2. The van der Waals surface area contributed by atoms with Crippen LogP contribution in [0.5, 0.6) is 0 Å². The number of nitrogens with zero attached hydrogens (tertiary/aromatic N) is 1. The lowest BCUT2D eigenvalue weighted by Crippen LogP contribution is -2.29. The second-order valence-corrected chi connectivity index (χ2v) is 4.10. The van der Waals surface area contributed by atoms with Gasteiger partial charge in [-0.1, -0.05) is 13.8 Å². The Morgan fingerprint density at radius 3 is 2.59 bits per heavy atom. The van der Waals surface area contributed by atoms with Crippen molar-refractivity contribution in [1.29, 1.82) is 0 Å². The van der Waals surface area contributed by atoms with Crippen LogP contribution in [0.1, 0.15) is 13.8 Å². The summed E-state index contributed by atoms with van der Waals surface area (Å²) in [5.74, 6) is -0.576. The summed E-state index contributed by atoms with van der Waals surface area (Å²) in [5.41, 5.74) is -0.138. The van der Waals surface area contributed by atoms with Crippen LogP contribution in [0.25, 0.3) is 0 Å². The van der Waals surface area contributed by atoms with E-state index in [1.165, 1.54) is 12.1 Å². The monoisotopic (exact) mass is 242 g/mol. The third-order valence-electron chi connectivity index (χ3n) is 2.51. The average molecular weight is 242 g/mol.